The maximum Gasteiger partial charge on any atom is 0.416 e. The largest absolute Gasteiger partial charge is 0.480 e. The summed E-state index contributed by atoms with van der Waals surface area (Å²) in [6.07, 6.45) is -4.98. The Kier molecular flexibility index (Phi) is 7.27. The number of halogens is 3. The Bertz CT molecular complexity index is 1140. The van der Waals surface area contributed by atoms with Crippen LogP contribution in [0.4, 0.5) is 13.2 Å². The van der Waals surface area contributed by atoms with Crippen LogP contribution in [0.25, 0.3) is 0 Å². The summed E-state index contributed by atoms with van der Waals surface area (Å²) in [7, 11) is 0. The van der Waals surface area contributed by atoms with E-state index in [1.807, 2.05) is 0 Å². The number of hydrogen-bond donors (Lipinski definition) is 2. The number of hydrogen-bond acceptors (Lipinski definition) is 3. The molecule has 8 heteroatoms. The van der Waals surface area contributed by atoms with Gasteiger partial charge in [-0.2, -0.15) is 13.2 Å². The minimum absolute atomic E-state index is 0.0521. The molecule has 0 aliphatic rings. The first kappa shape index (κ1) is 23.7. The van der Waals surface area contributed by atoms with E-state index in [1.54, 1.807) is 54.6 Å². The molecule has 0 radical (unpaired) electrons. The number of aliphatic carboxylic acids is 1. The van der Waals surface area contributed by atoms with Gasteiger partial charge in [-0.3, -0.25) is 9.59 Å². The molecule has 0 unspecified atom stereocenters. The van der Waals surface area contributed by atoms with Gasteiger partial charge < -0.3 is 10.4 Å². The fourth-order valence-electron chi connectivity index (χ4n) is 3.27. The molecule has 0 bridgehead atoms. The fraction of sp³-hybridized carbons (Fsp3) is 0.160. The van der Waals surface area contributed by atoms with Gasteiger partial charge >= 0.3 is 12.1 Å². The summed E-state index contributed by atoms with van der Waals surface area (Å²) in [6, 6.07) is 18.1. The molecule has 170 valence electrons. The van der Waals surface area contributed by atoms with E-state index >= 15 is 0 Å². The highest BCUT2D eigenvalue weighted by molar-refractivity contribution is 6.08. The Labute approximate surface area is 187 Å². The SMILES string of the molecule is O=C(Cc1cccc(C(F)(F)F)c1)N[C@@H](Cc1ccc(C(=O)c2ccccc2)cc1)C(=O)O. The van der Waals surface area contributed by atoms with E-state index in [9.17, 15) is 32.7 Å². The van der Waals surface area contributed by atoms with Gasteiger partial charge in [0.1, 0.15) is 6.04 Å². The Balaban J connectivity index is 1.64. The second-order valence-corrected chi connectivity index (χ2v) is 7.43. The number of carbonyl (C=O) groups is 3. The highest BCUT2D eigenvalue weighted by Crippen LogP contribution is 2.29. The van der Waals surface area contributed by atoms with Gasteiger partial charge in [0.25, 0.3) is 0 Å². The van der Waals surface area contributed by atoms with Gasteiger partial charge in [-0.1, -0.05) is 72.8 Å². The van der Waals surface area contributed by atoms with Gasteiger partial charge in [0, 0.05) is 17.5 Å². The standard InChI is InChI=1S/C25H20F3NO4/c26-25(27,28)20-8-4-5-17(13-20)15-22(30)29-21(24(32)33)14-16-9-11-19(12-10-16)23(31)18-6-2-1-3-7-18/h1-13,21H,14-15H2,(H,29,30)(H,32,33)/t21-/m0/s1. The third-order valence-corrected chi connectivity index (χ3v) is 4.94. The fourth-order valence-corrected chi connectivity index (χ4v) is 3.27. The van der Waals surface area contributed by atoms with Gasteiger partial charge in [0.05, 0.1) is 12.0 Å². The van der Waals surface area contributed by atoms with Crippen LogP contribution >= 0.6 is 0 Å². The van der Waals surface area contributed by atoms with E-state index < -0.39 is 36.1 Å². The molecule has 0 aromatic heterocycles. The molecule has 33 heavy (non-hydrogen) atoms. The minimum Gasteiger partial charge on any atom is -0.480 e. The van der Waals surface area contributed by atoms with E-state index in [0.29, 0.717) is 16.7 Å². The highest BCUT2D eigenvalue weighted by Gasteiger charge is 2.30. The predicted molar refractivity (Wildman–Crippen MR) is 115 cm³/mol. The third-order valence-electron chi connectivity index (χ3n) is 4.94. The first-order valence-corrected chi connectivity index (χ1v) is 10.0. The number of nitrogens with one attached hydrogen (secondary N) is 1. The third kappa shape index (κ3) is 6.52. The molecule has 1 amide bonds. The molecule has 0 aliphatic heterocycles. The minimum atomic E-state index is -4.54. The van der Waals surface area contributed by atoms with Gasteiger partial charge in [0.2, 0.25) is 5.91 Å². The summed E-state index contributed by atoms with van der Waals surface area (Å²) in [5.74, 6) is -2.17. The lowest BCUT2D eigenvalue weighted by molar-refractivity contribution is -0.141. The number of carboxylic acids is 1. The van der Waals surface area contributed by atoms with E-state index in [-0.39, 0.29) is 17.8 Å². The predicted octanol–water partition coefficient (Wildman–Crippen LogP) is 4.29. The van der Waals surface area contributed by atoms with Gasteiger partial charge in [0.15, 0.2) is 5.78 Å². The zero-order valence-electron chi connectivity index (χ0n) is 17.3. The molecular weight excluding hydrogens is 435 g/mol. The average molecular weight is 455 g/mol. The first-order valence-electron chi connectivity index (χ1n) is 10.0. The summed E-state index contributed by atoms with van der Waals surface area (Å²) >= 11 is 0. The molecule has 0 fully saturated rings. The second-order valence-electron chi connectivity index (χ2n) is 7.43. The van der Waals surface area contributed by atoms with Crippen LogP contribution in [0.2, 0.25) is 0 Å². The summed E-state index contributed by atoms with van der Waals surface area (Å²) in [6.45, 7) is 0. The zero-order chi connectivity index (χ0) is 24.0. The molecular formula is C25H20F3NO4. The molecule has 1 atom stereocenters. The first-order chi connectivity index (χ1) is 15.6. The highest BCUT2D eigenvalue weighted by atomic mass is 19.4. The Morgan fingerprint density at radius 3 is 2.06 bits per heavy atom. The van der Waals surface area contributed by atoms with E-state index in [1.165, 1.54) is 12.1 Å². The second kappa shape index (κ2) is 10.1. The van der Waals surface area contributed by atoms with Crippen LogP contribution in [0, 0.1) is 0 Å². The number of carbonyl (C=O) groups excluding carboxylic acids is 2. The average Bonchev–Trinajstić information content (AvgIpc) is 2.79. The molecule has 3 aromatic rings. The van der Waals surface area contributed by atoms with Crippen molar-refractivity contribution >= 4 is 17.7 Å². The number of amides is 1. The number of alkyl halides is 3. The van der Waals surface area contributed by atoms with Crippen LogP contribution < -0.4 is 5.32 Å². The van der Waals surface area contributed by atoms with Crippen molar-refractivity contribution in [3.63, 3.8) is 0 Å². The van der Waals surface area contributed by atoms with Gasteiger partial charge in [-0.15, -0.1) is 0 Å². The maximum absolute atomic E-state index is 12.8. The molecule has 3 rings (SSSR count). The normalized spacial score (nSPS) is 12.1. The van der Waals surface area contributed by atoms with Crippen LogP contribution in [0.3, 0.4) is 0 Å². The van der Waals surface area contributed by atoms with Crippen molar-refractivity contribution in [2.45, 2.75) is 25.1 Å². The molecule has 0 saturated heterocycles. The van der Waals surface area contributed by atoms with Gasteiger partial charge in [-0.25, -0.2) is 4.79 Å². The lowest BCUT2D eigenvalue weighted by Gasteiger charge is -2.15. The number of ketones is 1. The lowest BCUT2D eigenvalue weighted by atomic mass is 9.99. The Morgan fingerprint density at radius 2 is 1.45 bits per heavy atom. The molecule has 0 saturated carbocycles. The van der Waals surface area contributed by atoms with Crippen LogP contribution in [-0.2, 0) is 28.6 Å². The van der Waals surface area contributed by atoms with Crippen molar-refractivity contribution in [1.29, 1.82) is 0 Å². The smallest absolute Gasteiger partial charge is 0.416 e. The molecule has 0 heterocycles. The van der Waals surface area contributed by atoms with Crippen LogP contribution in [0.15, 0.2) is 78.9 Å². The van der Waals surface area contributed by atoms with Crippen molar-refractivity contribution < 1.29 is 32.7 Å². The van der Waals surface area contributed by atoms with Crippen molar-refractivity contribution in [2.75, 3.05) is 0 Å². The van der Waals surface area contributed by atoms with Crippen LogP contribution in [0.1, 0.15) is 32.6 Å². The maximum atomic E-state index is 12.8. The van der Waals surface area contributed by atoms with Crippen molar-refractivity contribution in [3.8, 4) is 0 Å². The number of carboxylic acid groups (broad SMARTS) is 1. The van der Waals surface area contributed by atoms with Gasteiger partial charge in [-0.05, 0) is 17.2 Å². The summed E-state index contributed by atoms with van der Waals surface area (Å²) in [4.78, 5) is 36.4. The van der Waals surface area contributed by atoms with Crippen molar-refractivity contribution in [1.82, 2.24) is 5.32 Å². The Morgan fingerprint density at radius 1 is 0.818 bits per heavy atom. The topological polar surface area (TPSA) is 83.5 Å². The van der Waals surface area contributed by atoms with E-state index in [4.69, 9.17) is 0 Å². The molecule has 0 spiro atoms. The van der Waals surface area contributed by atoms with Crippen molar-refractivity contribution in [3.05, 3.63) is 107 Å². The number of benzene rings is 3. The summed E-state index contributed by atoms with van der Waals surface area (Å²) < 4.78 is 38.5. The molecule has 0 aliphatic carbocycles. The quantitative estimate of drug-likeness (QED) is 0.497. The zero-order valence-corrected chi connectivity index (χ0v) is 17.3. The monoisotopic (exact) mass is 455 g/mol. The lowest BCUT2D eigenvalue weighted by Crippen LogP contribution is -2.43. The van der Waals surface area contributed by atoms with Crippen LogP contribution in [0.5, 0.6) is 0 Å². The molecule has 5 nitrogen and oxygen atoms in total. The summed E-state index contributed by atoms with van der Waals surface area (Å²) in [5, 5.41) is 11.8. The number of rotatable bonds is 8. The van der Waals surface area contributed by atoms with E-state index in [2.05, 4.69) is 5.32 Å². The summed E-state index contributed by atoms with van der Waals surface area (Å²) in [5.41, 5.74) is 0.773. The van der Waals surface area contributed by atoms with Crippen molar-refractivity contribution in [2.24, 2.45) is 0 Å². The van der Waals surface area contributed by atoms with Crippen LogP contribution in [-0.4, -0.2) is 28.8 Å². The molecule has 2 N–H and O–H groups in total. The molecule has 3 aromatic carbocycles. The van der Waals surface area contributed by atoms with E-state index in [0.717, 1.165) is 12.1 Å². The Hall–Kier alpha value is -3.94.